The van der Waals surface area contributed by atoms with Crippen molar-refractivity contribution in [1.82, 2.24) is 0 Å². The van der Waals surface area contributed by atoms with Crippen molar-refractivity contribution in [3.63, 3.8) is 0 Å². The minimum Gasteiger partial charge on any atom is -0.460 e. The molecule has 0 fully saturated rings. The van der Waals surface area contributed by atoms with E-state index < -0.39 is 11.0 Å². The Hall–Kier alpha value is -1.09. The van der Waals surface area contributed by atoms with Crippen molar-refractivity contribution >= 4 is 22.6 Å². The first-order chi connectivity index (χ1) is 5.13. The number of ketones is 1. The highest BCUT2D eigenvalue weighted by molar-refractivity contribution is 6.83. The predicted octanol–water partition coefficient (Wildman–Crippen LogP) is 1.54. The Kier molecular flexibility index (Phi) is 2.10. The topological polar surface area (TPSA) is 47.3 Å². The summed E-state index contributed by atoms with van der Waals surface area (Å²) in [4.78, 5) is 21.2. The second-order valence-electron chi connectivity index (χ2n) is 2.04. The Labute approximate surface area is 67.9 Å². The van der Waals surface area contributed by atoms with Gasteiger partial charge in [0.1, 0.15) is 0 Å². The van der Waals surface area contributed by atoms with Crippen LogP contribution in [0, 0.1) is 6.92 Å². The SMILES string of the molecule is Cc1ccoc1C(=O)C(=O)Cl. The van der Waals surface area contributed by atoms with Gasteiger partial charge in [-0.2, -0.15) is 0 Å². The monoisotopic (exact) mass is 172 g/mol. The van der Waals surface area contributed by atoms with Crippen molar-refractivity contribution in [2.24, 2.45) is 0 Å². The first-order valence-electron chi connectivity index (χ1n) is 2.91. The van der Waals surface area contributed by atoms with E-state index in [9.17, 15) is 9.59 Å². The lowest BCUT2D eigenvalue weighted by Gasteiger charge is -1.89. The first-order valence-corrected chi connectivity index (χ1v) is 3.29. The van der Waals surface area contributed by atoms with Gasteiger partial charge < -0.3 is 4.42 Å². The van der Waals surface area contributed by atoms with Crippen LogP contribution in [0.4, 0.5) is 0 Å². The van der Waals surface area contributed by atoms with Crippen LogP contribution in [0.15, 0.2) is 16.7 Å². The predicted molar refractivity (Wildman–Crippen MR) is 38.6 cm³/mol. The van der Waals surface area contributed by atoms with Gasteiger partial charge in [0.05, 0.1) is 6.26 Å². The first kappa shape index (κ1) is 8.01. The van der Waals surface area contributed by atoms with E-state index in [4.69, 9.17) is 16.0 Å². The lowest BCUT2D eigenvalue weighted by molar-refractivity contribution is -0.108. The van der Waals surface area contributed by atoms with E-state index in [-0.39, 0.29) is 5.76 Å². The Morgan fingerprint density at radius 1 is 1.55 bits per heavy atom. The standard InChI is InChI=1S/C7H5ClO3/c1-4-2-3-11-6(4)5(9)7(8)10/h2-3H,1H3. The molecule has 4 heteroatoms. The van der Waals surface area contributed by atoms with Crippen molar-refractivity contribution in [3.8, 4) is 0 Å². The summed E-state index contributed by atoms with van der Waals surface area (Å²) in [5.74, 6) is -0.779. The van der Waals surface area contributed by atoms with Crippen molar-refractivity contribution in [2.45, 2.75) is 6.92 Å². The third kappa shape index (κ3) is 1.49. The summed E-state index contributed by atoms with van der Waals surface area (Å²) >= 11 is 4.94. The van der Waals surface area contributed by atoms with Gasteiger partial charge >= 0.3 is 0 Å². The number of carbonyl (C=O) groups excluding carboxylic acids is 2. The molecule has 0 N–H and O–H groups in total. The molecule has 0 atom stereocenters. The molecule has 1 rings (SSSR count). The van der Waals surface area contributed by atoms with E-state index in [1.54, 1.807) is 13.0 Å². The molecule has 0 unspecified atom stereocenters. The minimum atomic E-state index is -1.02. The Morgan fingerprint density at radius 3 is 2.55 bits per heavy atom. The number of rotatable bonds is 2. The summed E-state index contributed by atoms with van der Waals surface area (Å²) < 4.78 is 4.73. The molecule has 0 saturated carbocycles. The van der Waals surface area contributed by atoms with Crippen molar-refractivity contribution in [2.75, 3.05) is 0 Å². The van der Waals surface area contributed by atoms with Gasteiger partial charge in [-0.05, 0) is 30.2 Å². The molecule has 1 aromatic heterocycles. The summed E-state index contributed by atoms with van der Waals surface area (Å²) in [6.45, 7) is 1.66. The number of hydrogen-bond donors (Lipinski definition) is 0. The van der Waals surface area contributed by atoms with Gasteiger partial charge in [0.25, 0.3) is 11.0 Å². The molecule has 0 spiro atoms. The second kappa shape index (κ2) is 2.88. The largest absolute Gasteiger partial charge is 0.460 e. The van der Waals surface area contributed by atoms with E-state index in [0.717, 1.165) is 0 Å². The van der Waals surface area contributed by atoms with Crippen LogP contribution in [-0.4, -0.2) is 11.0 Å². The summed E-state index contributed by atoms with van der Waals surface area (Å²) in [6.07, 6.45) is 1.34. The number of furan rings is 1. The number of hydrogen-bond acceptors (Lipinski definition) is 3. The maximum atomic E-state index is 10.9. The average Bonchev–Trinajstić information content (AvgIpc) is 2.33. The molecule has 3 nitrogen and oxygen atoms in total. The minimum absolute atomic E-state index is 0.0185. The van der Waals surface area contributed by atoms with Crippen LogP contribution in [0.2, 0.25) is 0 Å². The molecule has 11 heavy (non-hydrogen) atoms. The smallest absolute Gasteiger partial charge is 0.296 e. The highest BCUT2D eigenvalue weighted by Crippen LogP contribution is 2.10. The Balaban J connectivity index is 3.02. The Morgan fingerprint density at radius 2 is 2.18 bits per heavy atom. The molecule has 0 bridgehead atoms. The van der Waals surface area contributed by atoms with Gasteiger partial charge in [0.2, 0.25) is 0 Å². The van der Waals surface area contributed by atoms with E-state index in [2.05, 4.69) is 0 Å². The van der Waals surface area contributed by atoms with Crippen LogP contribution in [0.5, 0.6) is 0 Å². The number of aryl methyl sites for hydroxylation is 1. The maximum Gasteiger partial charge on any atom is 0.296 e. The van der Waals surface area contributed by atoms with Gasteiger partial charge in [0.15, 0.2) is 5.76 Å². The molecule has 1 heterocycles. The van der Waals surface area contributed by atoms with Crippen molar-refractivity contribution in [1.29, 1.82) is 0 Å². The summed E-state index contributed by atoms with van der Waals surface area (Å²) in [6, 6.07) is 1.59. The molecular weight excluding hydrogens is 168 g/mol. The molecular formula is C7H5ClO3. The van der Waals surface area contributed by atoms with Crippen molar-refractivity contribution in [3.05, 3.63) is 23.7 Å². The lowest BCUT2D eigenvalue weighted by Crippen LogP contribution is -2.07. The van der Waals surface area contributed by atoms with Gasteiger partial charge in [-0.15, -0.1) is 0 Å². The van der Waals surface area contributed by atoms with Crippen LogP contribution < -0.4 is 0 Å². The molecule has 0 aliphatic heterocycles. The molecule has 0 aliphatic rings. The van der Waals surface area contributed by atoms with Gasteiger partial charge in [-0.25, -0.2) is 0 Å². The van der Waals surface area contributed by atoms with Gasteiger partial charge in [-0.3, -0.25) is 9.59 Å². The lowest BCUT2D eigenvalue weighted by atomic mass is 10.2. The quantitative estimate of drug-likeness (QED) is 0.386. The Bertz CT molecular complexity index is 300. The zero-order chi connectivity index (χ0) is 8.43. The molecule has 0 amide bonds. The molecule has 0 aromatic carbocycles. The second-order valence-corrected chi connectivity index (χ2v) is 2.38. The zero-order valence-corrected chi connectivity index (χ0v) is 6.51. The third-order valence-electron chi connectivity index (χ3n) is 1.25. The molecule has 0 saturated heterocycles. The molecule has 0 radical (unpaired) electrons. The summed E-state index contributed by atoms with van der Waals surface area (Å²) in [5, 5.41) is -1.02. The molecule has 0 aliphatic carbocycles. The highest BCUT2D eigenvalue weighted by Gasteiger charge is 2.18. The van der Waals surface area contributed by atoms with Crippen molar-refractivity contribution < 1.29 is 14.0 Å². The highest BCUT2D eigenvalue weighted by atomic mass is 35.5. The third-order valence-corrected chi connectivity index (χ3v) is 1.42. The number of halogens is 1. The van der Waals surface area contributed by atoms with E-state index in [1.807, 2.05) is 0 Å². The van der Waals surface area contributed by atoms with Crippen LogP contribution >= 0.6 is 11.6 Å². The fourth-order valence-corrected chi connectivity index (χ4v) is 0.780. The van der Waals surface area contributed by atoms with E-state index in [0.29, 0.717) is 5.56 Å². The van der Waals surface area contributed by atoms with Crippen LogP contribution in [-0.2, 0) is 4.79 Å². The molecule has 58 valence electrons. The van der Waals surface area contributed by atoms with Gasteiger partial charge in [0, 0.05) is 0 Å². The summed E-state index contributed by atoms with van der Waals surface area (Å²) in [5.41, 5.74) is 0.615. The fraction of sp³-hybridized carbons (Fsp3) is 0.143. The van der Waals surface area contributed by atoms with E-state index in [1.165, 1.54) is 6.26 Å². The number of Topliss-reactive ketones (excluding diaryl/α,β-unsaturated/α-hetero) is 1. The van der Waals surface area contributed by atoms with Gasteiger partial charge in [-0.1, -0.05) is 0 Å². The average molecular weight is 173 g/mol. The molecule has 1 aromatic rings. The fourth-order valence-electron chi connectivity index (χ4n) is 0.695. The maximum absolute atomic E-state index is 10.9. The normalized spacial score (nSPS) is 9.64. The number of carbonyl (C=O) groups is 2. The zero-order valence-electron chi connectivity index (χ0n) is 5.76. The summed E-state index contributed by atoms with van der Waals surface area (Å²) in [7, 11) is 0. The van der Waals surface area contributed by atoms with Crippen LogP contribution in [0.25, 0.3) is 0 Å². The van der Waals surface area contributed by atoms with Crippen LogP contribution in [0.3, 0.4) is 0 Å². The van der Waals surface area contributed by atoms with Crippen LogP contribution in [0.1, 0.15) is 16.1 Å². The van der Waals surface area contributed by atoms with E-state index >= 15 is 0 Å².